The molecule has 9 heteroatoms. The van der Waals surface area contributed by atoms with Crippen LogP contribution in [0.1, 0.15) is 26.2 Å². The van der Waals surface area contributed by atoms with Gasteiger partial charge in [-0.05, 0) is 43.5 Å². The molecule has 182 valence electrons. The summed E-state index contributed by atoms with van der Waals surface area (Å²) >= 11 is 0. The van der Waals surface area contributed by atoms with E-state index in [9.17, 15) is 19.1 Å². The quantitative estimate of drug-likeness (QED) is 0.643. The van der Waals surface area contributed by atoms with Crippen molar-refractivity contribution in [3.8, 4) is 0 Å². The van der Waals surface area contributed by atoms with Gasteiger partial charge in [0.25, 0.3) is 0 Å². The molecule has 2 amide bonds. The third kappa shape index (κ3) is 6.43. The summed E-state index contributed by atoms with van der Waals surface area (Å²) in [7, 11) is 0. The smallest absolute Gasteiger partial charge is 0.236 e. The van der Waals surface area contributed by atoms with Gasteiger partial charge in [0.1, 0.15) is 5.82 Å². The number of β-amino-alcohol motifs (C(OH)–C–C–N with tert-alkyl or cyclic N) is 1. The first-order valence-electron chi connectivity index (χ1n) is 12.0. The predicted molar refractivity (Wildman–Crippen MR) is 124 cm³/mol. The summed E-state index contributed by atoms with van der Waals surface area (Å²) in [4.78, 5) is 32.5. The molecule has 0 bridgehead atoms. The van der Waals surface area contributed by atoms with Crippen LogP contribution in [0.15, 0.2) is 24.3 Å². The minimum atomic E-state index is -0.789. The highest BCUT2D eigenvalue weighted by molar-refractivity contribution is 5.78. The molecule has 0 aromatic heterocycles. The number of rotatable bonds is 6. The number of anilines is 1. The highest BCUT2D eigenvalue weighted by Crippen LogP contribution is 2.24. The molecule has 0 radical (unpaired) electrons. The molecular formula is C24H36FN5O3. The van der Waals surface area contributed by atoms with Crippen molar-refractivity contribution in [2.24, 2.45) is 0 Å². The summed E-state index contributed by atoms with van der Waals surface area (Å²) in [5.41, 5.74) is 0.191. The van der Waals surface area contributed by atoms with E-state index in [1.54, 1.807) is 19.1 Å². The van der Waals surface area contributed by atoms with Crippen LogP contribution >= 0.6 is 0 Å². The molecular weight excluding hydrogens is 425 g/mol. The van der Waals surface area contributed by atoms with Gasteiger partial charge in [-0.1, -0.05) is 0 Å². The first-order chi connectivity index (χ1) is 15.8. The first kappa shape index (κ1) is 23.9. The number of carbonyl (C=O) groups excluding carboxylic acids is 2. The molecule has 0 unspecified atom stereocenters. The van der Waals surface area contributed by atoms with Gasteiger partial charge in [0.05, 0.1) is 12.1 Å². The summed E-state index contributed by atoms with van der Waals surface area (Å²) in [6.45, 7) is 8.23. The van der Waals surface area contributed by atoms with Gasteiger partial charge >= 0.3 is 0 Å². The molecule has 1 aromatic rings. The van der Waals surface area contributed by atoms with Crippen LogP contribution in [-0.2, 0) is 9.59 Å². The van der Waals surface area contributed by atoms with Crippen LogP contribution < -0.4 is 10.2 Å². The van der Waals surface area contributed by atoms with E-state index in [4.69, 9.17) is 0 Å². The molecule has 3 saturated heterocycles. The van der Waals surface area contributed by atoms with E-state index in [1.165, 1.54) is 12.1 Å². The van der Waals surface area contributed by atoms with Crippen molar-refractivity contribution in [2.75, 3.05) is 70.3 Å². The van der Waals surface area contributed by atoms with E-state index < -0.39 is 5.60 Å². The Hall–Kier alpha value is -2.23. The number of aliphatic hydroxyl groups is 1. The van der Waals surface area contributed by atoms with E-state index in [1.807, 2.05) is 4.90 Å². The van der Waals surface area contributed by atoms with E-state index in [0.717, 1.165) is 51.3 Å². The van der Waals surface area contributed by atoms with Crippen molar-refractivity contribution >= 4 is 17.5 Å². The second kappa shape index (κ2) is 10.4. The lowest BCUT2D eigenvalue weighted by Crippen LogP contribution is -2.52. The predicted octanol–water partition coefficient (Wildman–Crippen LogP) is 0.512. The molecule has 0 spiro atoms. The maximum absolute atomic E-state index is 13.1. The highest BCUT2D eigenvalue weighted by Gasteiger charge is 2.39. The molecule has 3 fully saturated rings. The highest BCUT2D eigenvalue weighted by atomic mass is 19.1. The van der Waals surface area contributed by atoms with Crippen LogP contribution in [0.25, 0.3) is 0 Å². The normalized spacial score (nSPS) is 25.4. The summed E-state index contributed by atoms with van der Waals surface area (Å²) in [6, 6.07) is 6.72. The van der Waals surface area contributed by atoms with Crippen molar-refractivity contribution in [3.63, 3.8) is 0 Å². The number of benzene rings is 1. The van der Waals surface area contributed by atoms with Gasteiger partial charge in [0.15, 0.2) is 0 Å². The zero-order valence-electron chi connectivity index (χ0n) is 19.5. The Morgan fingerprint density at radius 3 is 2.33 bits per heavy atom. The lowest BCUT2D eigenvalue weighted by molar-refractivity contribution is -0.132. The number of hydrogen-bond donors (Lipinski definition) is 2. The summed E-state index contributed by atoms with van der Waals surface area (Å²) in [5.74, 6) is -0.123. The number of hydrogen-bond acceptors (Lipinski definition) is 6. The van der Waals surface area contributed by atoms with Crippen LogP contribution in [0.4, 0.5) is 10.1 Å². The number of carbonyl (C=O) groups is 2. The van der Waals surface area contributed by atoms with Crippen molar-refractivity contribution in [3.05, 3.63) is 30.1 Å². The Morgan fingerprint density at radius 2 is 1.70 bits per heavy atom. The van der Waals surface area contributed by atoms with Crippen LogP contribution in [0.2, 0.25) is 0 Å². The minimum Gasteiger partial charge on any atom is -0.387 e. The first-order valence-corrected chi connectivity index (χ1v) is 12.0. The molecule has 3 heterocycles. The van der Waals surface area contributed by atoms with Crippen molar-refractivity contribution in [2.45, 2.75) is 37.8 Å². The van der Waals surface area contributed by atoms with Crippen LogP contribution in [0.5, 0.6) is 0 Å². The SMILES string of the molecule is CC(=O)NC1CCN(C[C@]2(O)CCN(CC(=O)N3CCN(c4ccc(F)cc4)CC3)C2)CC1. The van der Waals surface area contributed by atoms with E-state index in [2.05, 4.69) is 20.0 Å². The van der Waals surface area contributed by atoms with E-state index in [-0.39, 0.29) is 23.7 Å². The second-order valence-electron chi connectivity index (χ2n) is 9.78. The maximum Gasteiger partial charge on any atom is 0.236 e. The lowest BCUT2D eigenvalue weighted by atomic mass is 9.99. The second-order valence-corrected chi connectivity index (χ2v) is 9.78. The fourth-order valence-corrected chi connectivity index (χ4v) is 5.30. The number of piperazine rings is 1. The van der Waals surface area contributed by atoms with Gasteiger partial charge in [-0.3, -0.25) is 14.5 Å². The third-order valence-corrected chi connectivity index (χ3v) is 7.11. The maximum atomic E-state index is 13.1. The number of halogens is 1. The molecule has 3 aliphatic rings. The van der Waals surface area contributed by atoms with Gasteiger partial charge in [0.2, 0.25) is 11.8 Å². The zero-order valence-corrected chi connectivity index (χ0v) is 19.5. The molecule has 1 aromatic carbocycles. The molecule has 3 aliphatic heterocycles. The fourth-order valence-electron chi connectivity index (χ4n) is 5.30. The topological polar surface area (TPSA) is 79.4 Å². The Kier molecular flexibility index (Phi) is 7.51. The molecule has 4 rings (SSSR count). The molecule has 8 nitrogen and oxygen atoms in total. The molecule has 1 atom stereocenters. The number of amides is 2. The number of nitrogens with one attached hydrogen (secondary N) is 1. The van der Waals surface area contributed by atoms with E-state index in [0.29, 0.717) is 39.1 Å². The standard InChI is InChI=1S/C24H36FN5O3/c1-19(31)26-21-6-9-27(10-7-21)17-24(33)8-11-28(18-24)16-23(32)30-14-12-29(13-15-30)22-4-2-20(25)3-5-22/h2-5,21,33H,6-18H2,1H3,(H,26,31)/t24-/m1/s1. The zero-order chi connectivity index (χ0) is 23.4. The van der Waals surface area contributed by atoms with Gasteiger partial charge < -0.3 is 25.1 Å². The van der Waals surface area contributed by atoms with E-state index >= 15 is 0 Å². The van der Waals surface area contributed by atoms with Gasteiger partial charge in [-0.2, -0.15) is 0 Å². The van der Waals surface area contributed by atoms with Gasteiger partial charge in [-0.15, -0.1) is 0 Å². The summed E-state index contributed by atoms with van der Waals surface area (Å²) < 4.78 is 13.1. The third-order valence-electron chi connectivity index (χ3n) is 7.11. The Bertz CT molecular complexity index is 822. The lowest BCUT2D eigenvalue weighted by Gasteiger charge is -2.37. The Labute approximate surface area is 195 Å². The fraction of sp³-hybridized carbons (Fsp3) is 0.667. The molecule has 33 heavy (non-hydrogen) atoms. The number of piperidine rings is 1. The summed E-state index contributed by atoms with van der Waals surface area (Å²) in [5, 5.41) is 14.1. The average Bonchev–Trinajstić information content (AvgIpc) is 3.15. The van der Waals surface area contributed by atoms with Crippen LogP contribution in [0, 0.1) is 5.82 Å². The minimum absolute atomic E-state index is 0.0139. The van der Waals surface area contributed by atoms with Crippen LogP contribution in [0.3, 0.4) is 0 Å². The Morgan fingerprint density at radius 1 is 1.03 bits per heavy atom. The van der Waals surface area contributed by atoms with Crippen LogP contribution in [-0.4, -0.2) is 109 Å². The van der Waals surface area contributed by atoms with Crippen molar-refractivity contribution in [1.29, 1.82) is 0 Å². The van der Waals surface area contributed by atoms with Crippen molar-refractivity contribution < 1.29 is 19.1 Å². The monoisotopic (exact) mass is 461 g/mol. The van der Waals surface area contributed by atoms with Gasteiger partial charge in [0, 0.05) is 77.6 Å². The number of likely N-dealkylation sites (tertiary alicyclic amines) is 2. The largest absolute Gasteiger partial charge is 0.387 e. The average molecular weight is 462 g/mol. The van der Waals surface area contributed by atoms with Crippen molar-refractivity contribution in [1.82, 2.24) is 20.0 Å². The van der Waals surface area contributed by atoms with Gasteiger partial charge in [-0.25, -0.2) is 4.39 Å². The number of nitrogens with zero attached hydrogens (tertiary/aromatic N) is 4. The molecule has 0 aliphatic carbocycles. The molecule has 2 N–H and O–H groups in total. The summed E-state index contributed by atoms with van der Waals surface area (Å²) in [6.07, 6.45) is 2.48. The molecule has 0 saturated carbocycles. The Balaban J connectivity index is 1.19.